The van der Waals surface area contributed by atoms with Crippen LogP contribution in [0.3, 0.4) is 0 Å². The van der Waals surface area contributed by atoms with Gasteiger partial charge in [0.25, 0.3) is 0 Å². The Bertz CT molecular complexity index is 211. The Labute approximate surface area is 80.3 Å². The molecule has 3 nitrogen and oxygen atoms in total. The lowest BCUT2D eigenvalue weighted by Crippen LogP contribution is -2.33. The van der Waals surface area contributed by atoms with E-state index in [4.69, 9.17) is 10.00 Å². The first-order valence-electron chi connectivity index (χ1n) is 4.77. The van der Waals surface area contributed by atoms with Crippen molar-refractivity contribution in [1.82, 2.24) is 4.90 Å². The summed E-state index contributed by atoms with van der Waals surface area (Å²) >= 11 is 0. The molecule has 2 unspecified atom stereocenters. The van der Waals surface area contributed by atoms with Crippen molar-refractivity contribution >= 4 is 0 Å². The van der Waals surface area contributed by atoms with Gasteiger partial charge in [-0.15, -0.1) is 0 Å². The van der Waals surface area contributed by atoms with Crippen LogP contribution < -0.4 is 0 Å². The molecule has 2 atom stereocenters. The summed E-state index contributed by atoms with van der Waals surface area (Å²) in [6.45, 7) is 6.97. The molecule has 0 aromatic rings. The minimum Gasteiger partial charge on any atom is -0.377 e. The second kappa shape index (κ2) is 4.08. The van der Waals surface area contributed by atoms with Crippen LogP contribution in [0.1, 0.15) is 20.3 Å². The third-order valence-corrected chi connectivity index (χ3v) is 2.76. The lowest BCUT2D eigenvalue weighted by atomic mass is 10.1. The first-order chi connectivity index (χ1) is 6.09. The topological polar surface area (TPSA) is 36.3 Å². The molecule has 0 aromatic heterocycles. The van der Waals surface area contributed by atoms with Gasteiger partial charge in [0.05, 0.1) is 17.6 Å². The van der Waals surface area contributed by atoms with Gasteiger partial charge in [-0.25, -0.2) is 0 Å². The summed E-state index contributed by atoms with van der Waals surface area (Å²) in [5.41, 5.74) is 0.00910. The molecule has 1 saturated heterocycles. The van der Waals surface area contributed by atoms with E-state index < -0.39 is 0 Å². The molecular formula is C10H18N2O. The van der Waals surface area contributed by atoms with E-state index in [1.807, 2.05) is 6.92 Å². The van der Waals surface area contributed by atoms with Crippen LogP contribution in [-0.4, -0.2) is 37.2 Å². The first-order valence-corrected chi connectivity index (χ1v) is 4.77. The van der Waals surface area contributed by atoms with Gasteiger partial charge in [0.2, 0.25) is 0 Å². The van der Waals surface area contributed by atoms with Crippen molar-refractivity contribution in [2.45, 2.75) is 25.9 Å². The molecule has 0 aromatic carbocycles. The summed E-state index contributed by atoms with van der Waals surface area (Å²) < 4.78 is 5.42. The molecule has 0 bridgehead atoms. The molecule has 1 rings (SSSR count). The van der Waals surface area contributed by atoms with Gasteiger partial charge in [0, 0.05) is 26.7 Å². The summed E-state index contributed by atoms with van der Waals surface area (Å²) in [6.07, 6.45) is 1.07. The van der Waals surface area contributed by atoms with Crippen LogP contribution in [0.4, 0.5) is 0 Å². The minimum absolute atomic E-state index is 0.00910. The Kier molecular flexibility index (Phi) is 3.29. The van der Waals surface area contributed by atoms with E-state index >= 15 is 0 Å². The van der Waals surface area contributed by atoms with Crippen molar-refractivity contribution in [2.24, 2.45) is 5.92 Å². The van der Waals surface area contributed by atoms with E-state index in [-0.39, 0.29) is 11.5 Å². The van der Waals surface area contributed by atoms with Crippen LogP contribution in [0.5, 0.6) is 0 Å². The highest BCUT2D eigenvalue weighted by atomic mass is 16.5. The summed E-state index contributed by atoms with van der Waals surface area (Å²) in [6, 6.07) is 2.25. The fraction of sp³-hybridized carbons (Fsp3) is 0.900. The van der Waals surface area contributed by atoms with Gasteiger partial charge in [0.15, 0.2) is 0 Å². The molecule has 0 radical (unpaired) electrons. The van der Waals surface area contributed by atoms with Crippen molar-refractivity contribution in [1.29, 1.82) is 5.26 Å². The monoisotopic (exact) mass is 182 g/mol. The van der Waals surface area contributed by atoms with Crippen LogP contribution in [0.15, 0.2) is 0 Å². The maximum Gasteiger partial charge on any atom is 0.0789 e. The highest BCUT2D eigenvalue weighted by Gasteiger charge is 2.33. The molecular weight excluding hydrogens is 164 g/mol. The van der Waals surface area contributed by atoms with E-state index in [0.717, 1.165) is 26.1 Å². The molecule has 13 heavy (non-hydrogen) atoms. The number of rotatable bonds is 3. The number of nitrogens with zero attached hydrogens (tertiary/aromatic N) is 2. The molecule has 74 valence electrons. The van der Waals surface area contributed by atoms with E-state index in [1.165, 1.54) is 0 Å². The van der Waals surface area contributed by atoms with Gasteiger partial charge in [-0.05, 0) is 20.3 Å². The Morgan fingerprint density at radius 1 is 1.69 bits per heavy atom. The number of methoxy groups -OCH3 is 1. The first kappa shape index (κ1) is 10.5. The second-order valence-corrected chi connectivity index (χ2v) is 4.17. The van der Waals surface area contributed by atoms with Crippen LogP contribution >= 0.6 is 0 Å². The third-order valence-electron chi connectivity index (χ3n) is 2.76. The predicted molar refractivity (Wildman–Crippen MR) is 51.2 cm³/mol. The molecule has 0 saturated carbocycles. The van der Waals surface area contributed by atoms with Crippen molar-refractivity contribution in [3.8, 4) is 6.07 Å². The average Bonchev–Trinajstić information content (AvgIpc) is 2.48. The fourth-order valence-electron chi connectivity index (χ4n) is 1.78. The predicted octanol–water partition coefficient (Wildman–Crippen LogP) is 1.26. The second-order valence-electron chi connectivity index (χ2n) is 4.17. The molecule has 1 heterocycles. The van der Waals surface area contributed by atoms with Gasteiger partial charge >= 0.3 is 0 Å². The van der Waals surface area contributed by atoms with E-state index in [0.29, 0.717) is 0 Å². The lowest BCUT2D eigenvalue weighted by Gasteiger charge is -2.23. The largest absolute Gasteiger partial charge is 0.377 e. The van der Waals surface area contributed by atoms with Gasteiger partial charge in [-0.1, -0.05) is 0 Å². The van der Waals surface area contributed by atoms with Crippen LogP contribution in [0.25, 0.3) is 0 Å². The Hall–Kier alpha value is -0.590. The number of hydrogen-bond acceptors (Lipinski definition) is 3. The normalized spacial score (nSPS) is 31.5. The van der Waals surface area contributed by atoms with Crippen molar-refractivity contribution in [3.63, 3.8) is 0 Å². The maximum atomic E-state index is 8.67. The van der Waals surface area contributed by atoms with Crippen molar-refractivity contribution in [2.75, 3.05) is 26.7 Å². The smallest absolute Gasteiger partial charge is 0.0789 e. The van der Waals surface area contributed by atoms with Crippen LogP contribution in [0, 0.1) is 17.2 Å². The number of nitriles is 1. The van der Waals surface area contributed by atoms with Gasteiger partial charge in [-0.2, -0.15) is 5.26 Å². The molecule has 1 fully saturated rings. The molecule has 1 aliphatic rings. The third kappa shape index (κ3) is 2.68. The minimum atomic E-state index is 0.00910. The van der Waals surface area contributed by atoms with Gasteiger partial charge in [-0.3, -0.25) is 4.90 Å². The van der Waals surface area contributed by atoms with E-state index in [9.17, 15) is 0 Å². The molecule has 3 heteroatoms. The van der Waals surface area contributed by atoms with Crippen LogP contribution in [-0.2, 0) is 4.74 Å². The molecule has 0 aliphatic carbocycles. The Morgan fingerprint density at radius 2 is 2.38 bits per heavy atom. The van der Waals surface area contributed by atoms with E-state index in [2.05, 4.69) is 17.9 Å². The standard InChI is InChI=1S/C10H18N2O/c1-9(6-11)7-12-5-4-10(2,8-12)13-3/h9H,4-5,7-8H2,1-3H3. The zero-order valence-corrected chi connectivity index (χ0v) is 8.71. The summed E-state index contributed by atoms with van der Waals surface area (Å²) in [5.74, 6) is 0.124. The summed E-state index contributed by atoms with van der Waals surface area (Å²) in [7, 11) is 1.76. The SMILES string of the molecule is COC1(C)CCN(CC(C)C#N)C1. The highest BCUT2D eigenvalue weighted by molar-refractivity contribution is 4.90. The Balaban J connectivity index is 2.38. The fourth-order valence-corrected chi connectivity index (χ4v) is 1.78. The lowest BCUT2D eigenvalue weighted by molar-refractivity contribution is 0.0144. The number of likely N-dealkylation sites (tertiary alicyclic amines) is 1. The summed E-state index contributed by atoms with van der Waals surface area (Å²) in [4.78, 5) is 2.30. The zero-order valence-electron chi connectivity index (χ0n) is 8.71. The number of hydrogen-bond donors (Lipinski definition) is 0. The van der Waals surface area contributed by atoms with E-state index in [1.54, 1.807) is 7.11 Å². The highest BCUT2D eigenvalue weighted by Crippen LogP contribution is 2.24. The van der Waals surface area contributed by atoms with Crippen molar-refractivity contribution < 1.29 is 4.74 Å². The molecule has 0 spiro atoms. The van der Waals surface area contributed by atoms with Gasteiger partial charge < -0.3 is 4.74 Å². The maximum absolute atomic E-state index is 8.67. The van der Waals surface area contributed by atoms with Crippen LogP contribution in [0.2, 0.25) is 0 Å². The average molecular weight is 182 g/mol. The molecule has 1 aliphatic heterocycles. The Morgan fingerprint density at radius 3 is 2.85 bits per heavy atom. The quantitative estimate of drug-likeness (QED) is 0.659. The molecule has 0 amide bonds. The number of ether oxygens (including phenoxy) is 1. The molecule has 0 N–H and O–H groups in total. The summed E-state index contributed by atoms with van der Waals surface area (Å²) in [5, 5.41) is 8.67. The van der Waals surface area contributed by atoms with Gasteiger partial charge in [0.1, 0.15) is 0 Å². The van der Waals surface area contributed by atoms with Crippen molar-refractivity contribution in [3.05, 3.63) is 0 Å². The zero-order chi connectivity index (χ0) is 9.90.